The van der Waals surface area contributed by atoms with Crippen LogP contribution in [0.4, 0.5) is 34.1 Å². The number of anilines is 6. The summed E-state index contributed by atoms with van der Waals surface area (Å²) in [4.78, 5) is 4.59. The first-order valence-corrected chi connectivity index (χ1v) is 23.9. The summed E-state index contributed by atoms with van der Waals surface area (Å²) in [6.45, 7) is 6.59. The zero-order valence-corrected chi connectivity index (χ0v) is 42.7. The molecule has 0 fully saturated rings. The van der Waals surface area contributed by atoms with Gasteiger partial charge in [0.25, 0.3) is 0 Å². The molecule has 0 spiro atoms. The van der Waals surface area contributed by atoms with E-state index >= 15 is 0 Å². The second-order valence-electron chi connectivity index (χ2n) is 17.3. The number of unbranched alkanes of at least 4 members (excludes halogenated alkanes) is 7. The third-order valence-corrected chi connectivity index (χ3v) is 12.4. The van der Waals surface area contributed by atoms with Crippen LogP contribution in [-0.4, -0.2) is 0 Å². The molecule has 0 N–H and O–H groups in total. The summed E-state index contributed by atoms with van der Waals surface area (Å²) in [5.74, 6) is 0. The third-order valence-electron chi connectivity index (χ3n) is 12.4. The van der Waals surface area contributed by atoms with Crippen molar-refractivity contribution in [2.45, 2.75) is 78.3 Å². The van der Waals surface area contributed by atoms with E-state index in [1.165, 1.54) is 84.7 Å². The third kappa shape index (κ3) is 14.6. The summed E-state index contributed by atoms with van der Waals surface area (Å²) in [5, 5.41) is 0. The highest BCUT2D eigenvalue weighted by Gasteiger charge is 2.13. The molecule has 68 heavy (non-hydrogen) atoms. The second kappa shape index (κ2) is 26.9. The van der Waals surface area contributed by atoms with E-state index < -0.39 is 0 Å². The van der Waals surface area contributed by atoms with Gasteiger partial charge < -0.3 is 43.8 Å². The number of hydrogen-bond acceptors (Lipinski definition) is 2. The van der Waals surface area contributed by atoms with Crippen molar-refractivity contribution in [2.24, 2.45) is 0 Å². The van der Waals surface area contributed by atoms with E-state index in [1.54, 1.807) is 0 Å². The average molecular weight is 1030 g/mol. The molecule has 6 heteroatoms. The molecule has 0 aliphatic heterocycles. The zero-order valence-electron chi connectivity index (χ0n) is 39.6. The predicted molar refractivity (Wildman–Crippen MR) is 280 cm³/mol. The minimum atomic E-state index is 0. The number of benzene rings is 6. The molecule has 0 unspecified atom stereocenters. The summed E-state index contributed by atoms with van der Waals surface area (Å²) in [5.41, 5.74) is 14.4. The summed E-state index contributed by atoms with van der Waals surface area (Å²) in [7, 11) is 0. The topological polar surface area (TPSA) is 14.2 Å². The Morgan fingerprint density at radius 1 is 0.324 bits per heavy atom. The smallest absolute Gasteiger partial charge is 0.172 e. The number of nitrogens with zero attached hydrogens (tertiary/aromatic N) is 4. The Balaban J connectivity index is 0.00000381. The lowest BCUT2D eigenvalue weighted by atomic mass is 10.1. The standard InChI is InChI=1S/C62H64N4.2BrH/c1-51-49-63(47-43-55(51)37-31-53-33-39-61(40-34-53)65(57-23-13-9-14-24-57)58-25-15-10-16-26-58)45-21-7-5-3-4-6-8-22-46-64-48-44-56(52(2)50-64)38-32-54-35-41-62(42-36-54)66(59-27-17-11-18-28-59)60-29-19-12-20-30-60;;/h9-20,23-44,47-50H,3-8,21-22,45-46H2,1-2H3;2*1H/q+2;;/p-2. The molecule has 2 aromatic heterocycles. The number of aromatic nitrogens is 2. The molecular formula is C62H64Br2N4. The lowest BCUT2D eigenvalue weighted by Gasteiger charge is -2.25. The fraction of sp³-hybridized carbons (Fsp3) is 0.194. The minimum Gasteiger partial charge on any atom is -1.00 e. The van der Waals surface area contributed by atoms with Crippen LogP contribution >= 0.6 is 0 Å². The van der Waals surface area contributed by atoms with Gasteiger partial charge >= 0.3 is 0 Å². The van der Waals surface area contributed by atoms with Crippen LogP contribution < -0.4 is 52.9 Å². The molecule has 8 aromatic rings. The van der Waals surface area contributed by atoms with Crippen LogP contribution in [0.5, 0.6) is 0 Å². The molecule has 4 nitrogen and oxygen atoms in total. The molecule has 346 valence electrons. The van der Waals surface area contributed by atoms with Crippen LogP contribution in [-0.2, 0) is 13.1 Å². The highest BCUT2D eigenvalue weighted by molar-refractivity contribution is 5.80. The number of pyridine rings is 2. The Hall–Kier alpha value is -6.34. The number of rotatable bonds is 21. The first-order chi connectivity index (χ1) is 32.6. The summed E-state index contributed by atoms with van der Waals surface area (Å²) in [6, 6.07) is 64.4. The first kappa shape index (κ1) is 51.1. The SMILES string of the molecule is Cc1c[n+](CCCCCCCCCC[n+]2ccc(/C=C/c3ccc(N(c4ccccc4)c4ccccc4)cc3)c(C)c2)ccc1/C=C/c1ccc(N(c2ccccc2)c2ccccc2)cc1.[Br-].[Br-]. The Bertz CT molecular complexity index is 2490. The van der Waals surface area contributed by atoms with Crippen molar-refractivity contribution >= 4 is 58.4 Å². The second-order valence-corrected chi connectivity index (χ2v) is 17.3. The van der Waals surface area contributed by atoms with Gasteiger partial charge in [-0.25, -0.2) is 9.13 Å². The van der Waals surface area contributed by atoms with Gasteiger partial charge in [-0.05, 0) is 122 Å². The minimum absolute atomic E-state index is 0. The summed E-state index contributed by atoms with van der Waals surface area (Å²) >= 11 is 0. The lowest BCUT2D eigenvalue weighted by molar-refractivity contribution is -0.697. The van der Waals surface area contributed by atoms with Gasteiger partial charge in [-0.3, -0.25) is 0 Å². The Kier molecular flexibility index (Phi) is 20.2. The highest BCUT2D eigenvalue weighted by atomic mass is 79.9. The zero-order chi connectivity index (χ0) is 45.2. The molecule has 0 saturated carbocycles. The van der Waals surface area contributed by atoms with Crippen LogP contribution in [0, 0.1) is 13.8 Å². The van der Waals surface area contributed by atoms with Gasteiger partial charge in [-0.2, -0.15) is 0 Å². The number of halogens is 2. The van der Waals surface area contributed by atoms with E-state index in [4.69, 9.17) is 0 Å². The van der Waals surface area contributed by atoms with Crippen LogP contribution in [0.25, 0.3) is 24.3 Å². The molecule has 8 rings (SSSR count). The first-order valence-electron chi connectivity index (χ1n) is 23.9. The molecule has 0 radical (unpaired) electrons. The highest BCUT2D eigenvalue weighted by Crippen LogP contribution is 2.36. The van der Waals surface area contributed by atoms with Gasteiger partial charge in [0.1, 0.15) is 13.1 Å². The maximum Gasteiger partial charge on any atom is 0.172 e. The van der Waals surface area contributed by atoms with Gasteiger partial charge in [0, 0.05) is 70.2 Å². The number of para-hydroxylation sites is 4. The Labute approximate surface area is 427 Å². The fourth-order valence-corrected chi connectivity index (χ4v) is 8.69. The van der Waals surface area contributed by atoms with Crippen molar-refractivity contribution in [3.63, 3.8) is 0 Å². The van der Waals surface area contributed by atoms with E-state index in [-0.39, 0.29) is 34.0 Å². The van der Waals surface area contributed by atoms with E-state index in [2.05, 4.69) is 264 Å². The van der Waals surface area contributed by atoms with Crippen molar-refractivity contribution in [1.29, 1.82) is 0 Å². The van der Waals surface area contributed by atoms with Gasteiger partial charge in [0.05, 0.1) is 0 Å². The van der Waals surface area contributed by atoms with Crippen LogP contribution in [0.3, 0.4) is 0 Å². The normalized spacial score (nSPS) is 11.0. The average Bonchev–Trinajstić information content (AvgIpc) is 3.36. The molecule has 6 aromatic carbocycles. The lowest BCUT2D eigenvalue weighted by Crippen LogP contribution is -3.00. The van der Waals surface area contributed by atoms with E-state index in [0.29, 0.717) is 0 Å². The van der Waals surface area contributed by atoms with Gasteiger partial charge in [0.2, 0.25) is 0 Å². The molecule has 0 bridgehead atoms. The van der Waals surface area contributed by atoms with Crippen molar-refractivity contribution in [3.05, 3.63) is 240 Å². The van der Waals surface area contributed by atoms with E-state index in [1.807, 2.05) is 0 Å². The number of aryl methyl sites for hydroxylation is 4. The Morgan fingerprint density at radius 2 is 0.603 bits per heavy atom. The Morgan fingerprint density at radius 3 is 0.897 bits per heavy atom. The molecule has 2 heterocycles. The maximum atomic E-state index is 2.36. The van der Waals surface area contributed by atoms with Crippen LogP contribution in [0.1, 0.15) is 84.7 Å². The molecule has 0 saturated heterocycles. The van der Waals surface area contributed by atoms with Crippen molar-refractivity contribution in [1.82, 2.24) is 0 Å². The van der Waals surface area contributed by atoms with E-state index in [9.17, 15) is 0 Å². The van der Waals surface area contributed by atoms with Crippen molar-refractivity contribution < 1.29 is 43.1 Å². The maximum absolute atomic E-state index is 2.36. The van der Waals surface area contributed by atoms with Crippen molar-refractivity contribution in [3.8, 4) is 0 Å². The molecular weight excluding hydrogens is 961 g/mol. The van der Waals surface area contributed by atoms with E-state index in [0.717, 1.165) is 47.2 Å². The van der Waals surface area contributed by atoms with Crippen LogP contribution in [0.2, 0.25) is 0 Å². The largest absolute Gasteiger partial charge is 1.00 e. The molecule has 0 atom stereocenters. The van der Waals surface area contributed by atoms with Gasteiger partial charge in [-0.15, -0.1) is 0 Å². The van der Waals surface area contributed by atoms with Gasteiger partial charge in [-0.1, -0.05) is 147 Å². The molecule has 0 aliphatic carbocycles. The van der Waals surface area contributed by atoms with Crippen molar-refractivity contribution in [2.75, 3.05) is 9.80 Å². The fourth-order valence-electron chi connectivity index (χ4n) is 8.69. The molecule has 0 amide bonds. The van der Waals surface area contributed by atoms with Crippen LogP contribution in [0.15, 0.2) is 207 Å². The monoisotopic (exact) mass is 1020 g/mol. The summed E-state index contributed by atoms with van der Waals surface area (Å²) in [6.07, 6.45) is 28.3. The van der Waals surface area contributed by atoms with Gasteiger partial charge in [0.15, 0.2) is 24.8 Å². The quantitative estimate of drug-likeness (QED) is 0.0526. The molecule has 0 aliphatic rings. The summed E-state index contributed by atoms with van der Waals surface area (Å²) < 4.78 is 4.72. The predicted octanol–water partition coefficient (Wildman–Crippen LogP) is 9.99. The number of hydrogen-bond donors (Lipinski definition) is 0.